The van der Waals surface area contributed by atoms with Crippen molar-refractivity contribution < 1.29 is 14.3 Å². The van der Waals surface area contributed by atoms with Crippen molar-refractivity contribution in [2.24, 2.45) is 0 Å². The van der Waals surface area contributed by atoms with Gasteiger partial charge in [-0.3, -0.25) is 0 Å². The highest BCUT2D eigenvalue weighted by Crippen LogP contribution is 2.29. The van der Waals surface area contributed by atoms with E-state index < -0.39 is 0 Å². The molecule has 0 saturated carbocycles. The maximum Gasteiger partial charge on any atom is 0.409 e. The molecule has 140 valence electrons. The summed E-state index contributed by atoms with van der Waals surface area (Å²) in [5.74, 6) is 1.71. The SMILES string of the molecule is CCCCOC(=O)N1CCN(c2cc(C)c3cccc(OC)c3n2)CC1. The Bertz CT molecular complexity index is 770. The number of benzene rings is 1. The zero-order chi connectivity index (χ0) is 18.5. The quantitative estimate of drug-likeness (QED) is 0.765. The molecule has 0 aliphatic carbocycles. The predicted octanol–water partition coefficient (Wildman–Crippen LogP) is 3.61. The third kappa shape index (κ3) is 3.84. The lowest BCUT2D eigenvalue weighted by Gasteiger charge is -2.35. The number of unbranched alkanes of at least 4 members (excludes halogenated alkanes) is 1. The Balaban J connectivity index is 1.70. The fraction of sp³-hybridized carbons (Fsp3) is 0.500. The molecule has 1 aromatic heterocycles. The highest BCUT2D eigenvalue weighted by atomic mass is 16.6. The lowest BCUT2D eigenvalue weighted by atomic mass is 10.1. The lowest BCUT2D eigenvalue weighted by molar-refractivity contribution is 0.0989. The van der Waals surface area contributed by atoms with Gasteiger partial charge in [-0.15, -0.1) is 0 Å². The Kier molecular flexibility index (Phi) is 5.81. The highest BCUT2D eigenvalue weighted by Gasteiger charge is 2.23. The van der Waals surface area contributed by atoms with E-state index in [0.29, 0.717) is 19.7 Å². The predicted molar refractivity (Wildman–Crippen MR) is 103 cm³/mol. The molecule has 0 N–H and O–H groups in total. The van der Waals surface area contributed by atoms with Gasteiger partial charge in [0.15, 0.2) is 0 Å². The Labute approximate surface area is 154 Å². The summed E-state index contributed by atoms with van der Waals surface area (Å²) in [4.78, 5) is 20.9. The second kappa shape index (κ2) is 8.25. The summed E-state index contributed by atoms with van der Waals surface area (Å²) < 4.78 is 10.8. The number of ether oxygens (including phenoxy) is 2. The van der Waals surface area contributed by atoms with Gasteiger partial charge in [0.1, 0.15) is 17.1 Å². The Morgan fingerprint density at radius 3 is 2.69 bits per heavy atom. The highest BCUT2D eigenvalue weighted by molar-refractivity contribution is 5.88. The number of carbonyl (C=O) groups is 1. The van der Waals surface area contributed by atoms with Crippen LogP contribution < -0.4 is 9.64 Å². The molecule has 1 fully saturated rings. The smallest absolute Gasteiger partial charge is 0.409 e. The second-order valence-corrected chi connectivity index (χ2v) is 6.60. The number of amides is 1. The molecule has 2 heterocycles. The zero-order valence-corrected chi connectivity index (χ0v) is 15.8. The van der Waals surface area contributed by atoms with Crippen molar-refractivity contribution in [1.29, 1.82) is 0 Å². The van der Waals surface area contributed by atoms with Crippen molar-refractivity contribution in [3.05, 3.63) is 29.8 Å². The molecule has 1 amide bonds. The van der Waals surface area contributed by atoms with Gasteiger partial charge in [-0.1, -0.05) is 25.5 Å². The number of fused-ring (bicyclic) bond motifs is 1. The lowest BCUT2D eigenvalue weighted by Crippen LogP contribution is -2.49. The van der Waals surface area contributed by atoms with Crippen molar-refractivity contribution >= 4 is 22.8 Å². The Morgan fingerprint density at radius 1 is 1.23 bits per heavy atom. The number of aromatic nitrogens is 1. The van der Waals surface area contributed by atoms with Gasteiger partial charge in [0, 0.05) is 31.6 Å². The summed E-state index contributed by atoms with van der Waals surface area (Å²) in [6.45, 7) is 7.46. The number of aryl methyl sites for hydroxylation is 1. The van der Waals surface area contributed by atoms with Crippen LogP contribution in [0.2, 0.25) is 0 Å². The first-order valence-corrected chi connectivity index (χ1v) is 9.25. The monoisotopic (exact) mass is 357 g/mol. The van der Waals surface area contributed by atoms with E-state index in [1.165, 1.54) is 5.56 Å². The van der Waals surface area contributed by atoms with Gasteiger partial charge in [0.2, 0.25) is 0 Å². The van der Waals surface area contributed by atoms with E-state index in [9.17, 15) is 4.79 Å². The Morgan fingerprint density at radius 2 is 2.00 bits per heavy atom. The molecular weight excluding hydrogens is 330 g/mol. The van der Waals surface area contributed by atoms with E-state index in [1.54, 1.807) is 12.0 Å². The van der Waals surface area contributed by atoms with Gasteiger partial charge in [0.25, 0.3) is 0 Å². The summed E-state index contributed by atoms with van der Waals surface area (Å²) in [6.07, 6.45) is 1.73. The summed E-state index contributed by atoms with van der Waals surface area (Å²) in [5.41, 5.74) is 2.05. The molecule has 26 heavy (non-hydrogen) atoms. The first-order chi connectivity index (χ1) is 12.6. The van der Waals surface area contributed by atoms with E-state index in [-0.39, 0.29) is 6.09 Å². The van der Waals surface area contributed by atoms with Crippen molar-refractivity contribution in [2.75, 3.05) is 44.8 Å². The maximum atomic E-state index is 12.1. The third-order valence-electron chi connectivity index (χ3n) is 4.80. The van der Waals surface area contributed by atoms with Crippen LogP contribution in [0.25, 0.3) is 10.9 Å². The fourth-order valence-electron chi connectivity index (χ4n) is 3.21. The standard InChI is InChI=1S/C20H27N3O3/c1-4-5-13-26-20(24)23-11-9-22(10-12-23)18-14-15(2)16-7-6-8-17(25-3)19(16)21-18/h6-8,14H,4-5,9-13H2,1-3H3. The normalized spacial score (nSPS) is 14.6. The number of hydrogen-bond acceptors (Lipinski definition) is 5. The van der Waals surface area contributed by atoms with E-state index in [0.717, 1.165) is 48.4 Å². The van der Waals surface area contributed by atoms with Crippen LogP contribution in [0.3, 0.4) is 0 Å². The van der Waals surface area contributed by atoms with Gasteiger partial charge in [0.05, 0.1) is 13.7 Å². The van der Waals surface area contributed by atoms with Gasteiger partial charge < -0.3 is 19.3 Å². The number of nitrogens with zero attached hydrogens (tertiary/aromatic N) is 3. The maximum absolute atomic E-state index is 12.1. The number of methoxy groups -OCH3 is 1. The molecular formula is C20H27N3O3. The molecule has 0 radical (unpaired) electrons. The van der Waals surface area contributed by atoms with Gasteiger partial charge >= 0.3 is 6.09 Å². The summed E-state index contributed by atoms with van der Waals surface area (Å²) in [5, 5.41) is 1.10. The van der Waals surface area contributed by atoms with Gasteiger partial charge in [-0.25, -0.2) is 9.78 Å². The molecule has 0 unspecified atom stereocenters. The van der Waals surface area contributed by atoms with E-state index in [1.807, 2.05) is 12.1 Å². The molecule has 0 spiro atoms. The molecule has 3 rings (SSSR count). The van der Waals surface area contributed by atoms with Crippen LogP contribution >= 0.6 is 0 Å². The molecule has 1 aliphatic heterocycles. The molecule has 1 aliphatic rings. The molecule has 0 atom stereocenters. The van der Waals surface area contributed by atoms with Crippen LogP contribution in [0.15, 0.2) is 24.3 Å². The topological polar surface area (TPSA) is 54.9 Å². The first-order valence-electron chi connectivity index (χ1n) is 9.25. The fourth-order valence-corrected chi connectivity index (χ4v) is 3.21. The number of hydrogen-bond donors (Lipinski definition) is 0. The second-order valence-electron chi connectivity index (χ2n) is 6.60. The van der Waals surface area contributed by atoms with Crippen molar-refractivity contribution in [1.82, 2.24) is 9.88 Å². The average molecular weight is 357 g/mol. The van der Waals surface area contributed by atoms with Crippen LogP contribution in [0, 0.1) is 6.92 Å². The van der Waals surface area contributed by atoms with Crippen LogP contribution in [0.1, 0.15) is 25.3 Å². The number of para-hydroxylation sites is 1. The number of rotatable bonds is 5. The number of carbonyl (C=O) groups excluding carboxylic acids is 1. The average Bonchev–Trinajstić information content (AvgIpc) is 2.67. The van der Waals surface area contributed by atoms with Gasteiger partial charge in [-0.05, 0) is 31.0 Å². The molecule has 1 aromatic carbocycles. The number of pyridine rings is 1. The largest absolute Gasteiger partial charge is 0.494 e. The molecule has 6 nitrogen and oxygen atoms in total. The van der Waals surface area contributed by atoms with Crippen molar-refractivity contribution in [2.45, 2.75) is 26.7 Å². The van der Waals surface area contributed by atoms with Crippen molar-refractivity contribution in [3.8, 4) is 5.75 Å². The minimum absolute atomic E-state index is 0.206. The zero-order valence-electron chi connectivity index (χ0n) is 15.8. The first kappa shape index (κ1) is 18.3. The van der Waals surface area contributed by atoms with Crippen LogP contribution in [-0.4, -0.2) is 55.9 Å². The van der Waals surface area contributed by atoms with E-state index in [4.69, 9.17) is 14.5 Å². The minimum atomic E-state index is -0.206. The number of anilines is 1. The van der Waals surface area contributed by atoms with Crippen LogP contribution in [0.4, 0.5) is 10.6 Å². The van der Waals surface area contributed by atoms with Crippen molar-refractivity contribution in [3.63, 3.8) is 0 Å². The summed E-state index contributed by atoms with van der Waals surface area (Å²) >= 11 is 0. The summed E-state index contributed by atoms with van der Waals surface area (Å²) in [7, 11) is 1.67. The van der Waals surface area contributed by atoms with Gasteiger partial charge in [-0.2, -0.15) is 0 Å². The number of piperazine rings is 1. The third-order valence-corrected chi connectivity index (χ3v) is 4.80. The summed E-state index contributed by atoms with van der Waals surface area (Å²) in [6, 6.07) is 8.09. The molecule has 1 saturated heterocycles. The van der Waals surface area contributed by atoms with Crippen LogP contribution in [-0.2, 0) is 4.74 Å². The van der Waals surface area contributed by atoms with Crippen LogP contribution in [0.5, 0.6) is 5.75 Å². The molecule has 6 heteroatoms. The van der Waals surface area contributed by atoms with E-state index >= 15 is 0 Å². The Hall–Kier alpha value is -2.50. The van der Waals surface area contributed by atoms with E-state index in [2.05, 4.69) is 30.9 Å². The molecule has 2 aromatic rings. The minimum Gasteiger partial charge on any atom is -0.494 e. The molecule has 0 bridgehead atoms.